The maximum Gasteiger partial charge on any atom is 0.697 e. The van der Waals surface area contributed by atoms with E-state index in [2.05, 4.69) is 10.3 Å². The minimum Gasteiger partial charge on any atom is -0.497 e. The van der Waals surface area contributed by atoms with E-state index in [9.17, 15) is 8.96 Å². The molecule has 0 saturated carbocycles. The first-order valence-electron chi connectivity index (χ1n) is 6.84. The van der Waals surface area contributed by atoms with Crippen LogP contribution in [0.2, 0.25) is 0 Å². The molecule has 0 saturated heterocycles. The van der Waals surface area contributed by atoms with E-state index in [0.717, 1.165) is 10.2 Å². The summed E-state index contributed by atoms with van der Waals surface area (Å²) in [5.74, 6) is 0.306. The van der Waals surface area contributed by atoms with Gasteiger partial charge in [-0.15, -0.1) is 4.89 Å². The summed E-state index contributed by atoms with van der Waals surface area (Å²) in [6.07, 6.45) is -0.929. The molecule has 0 amide bonds. The summed E-state index contributed by atoms with van der Waals surface area (Å²) in [6, 6.07) is 10.9. The lowest BCUT2D eigenvalue weighted by molar-refractivity contribution is 0.216. The van der Waals surface area contributed by atoms with Crippen LogP contribution >= 0.6 is 19.6 Å². The summed E-state index contributed by atoms with van der Waals surface area (Å²) in [7, 11) is -1.27. The van der Waals surface area contributed by atoms with Crippen LogP contribution in [0.1, 0.15) is 11.8 Å². The maximum atomic E-state index is 13.1. The van der Waals surface area contributed by atoms with E-state index in [1.165, 1.54) is 35.6 Å². The molecule has 24 heavy (non-hydrogen) atoms. The first-order valence-corrected chi connectivity index (χ1v) is 8.79. The summed E-state index contributed by atoms with van der Waals surface area (Å²) in [5.41, 5.74) is 1.26. The highest BCUT2D eigenvalue weighted by molar-refractivity contribution is 7.32. The Morgan fingerprint density at radius 3 is 2.71 bits per heavy atom. The van der Waals surface area contributed by atoms with Gasteiger partial charge in [-0.05, 0) is 30.3 Å². The summed E-state index contributed by atoms with van der Waals surface area (Å²) in [6.45, 7) is 0. The SMILES string of the molecule is COc1ccc2nc(NC(O[P+](=O)O)c3ccc(F)cc3)sc2c1. The lowest BCUT2D eigenvalue weighted by atomic mass is 10.2. The Labute approximate surface area is 141 Å². The molecule has 9 heteroatoms. The van der Waals surface area contributed by atoms with Gasteiger partial charge in [0.15, 0.2) is 5.13 Å². The smallest absolute Gasteiger partial charge is 0.497 e. The fourth-order valence-corrected chi connectivity index (χ4v) is 3.37. The average molecular weight is 367 g/mol. The van der Waals surface area contributed by atoms with Gasteiger partial charge in [0.05, 0.1) is 17.3 Å². The molecule has 1 aromatic heterocycles. The van der Waals surface area contributed by atoms with Crippen molar-refractivity contribution in [2.24, 2.45) is 0 Å². The molecule has 1 heterocycles. The summed E-state index contributed by atoms with van der Waals surface area (Å²) < 4.78 is 35.2. The molecule has 6 nitrogen and oxygen atoms in total. The van der Waals surface area contributed by atoms with Gasteiger partial charge in [-0.1, -0.05) is 28.0 Å². The quantitative estimate of drug-likeness (QED) is 0.502. The molecule has 0 aliphatic rings. The molecule has 3 rings (SSSR count). The minimum absolute atomic E-state index is 0.405. The third-order valence-electron chi connectivity index (χ3n) is 3.22. The highest BCUT2D eigenvalue weighted by Gasteiger charge is 2.26. The zero-order valence-corrected chi connectivity index (χ0v) is 14.2. The number of nitrogens with zero attached hydrogens (tertiary/aromatic N) is 1. The van der Waals surface area contributed by atoms with Gasteiger partial charge in [-0.25, -0.2) is 9.37 Å². The van der Waals surface area contributed by atoms with E-state index in [4.69, 9.17) is 14.2 Å². The summed E-state index contributed by atoms with van der Waals surface area (Å²) in [4.78, 5) is 13.5. The Morgan fingerprint density at radius 2 is 2.04 bits per heavy atom. The van der Waals surface area contributed by atoms with Gasteiger partial charge in [-0.2, -0.15) is 0 Å². The molecule has 0 bridgehead atoms. The number of rotatable bonds is 6. The Balaban J connectivity index is 1.89. The first-order chi connectivity index (χ1) is 11.5. The normalized spacial score (nSPS) is 12.9. The molecule has 0 aliphatic heterocycles. The number of hydrogen-bond acceptors (Lipinski definition) is 6. The van der Waals surface area contributed by atoms with Crippen molar-refractivity contribution in [1.82, 2.24) is 4.98 Å². The fourth-order valence-electron chi connectivity index (χ4n) is 2.10. The lowest BCUT2D eigenvalue weighted by Gasteiger charge is -2.11. The predicted octanol–water partition coefficient (Wildman–Crippen LogP) is 4.22. The summed E-state index contributed by atoms with van der Waals surface area (Å²) in [5, 5.41) is 3.46. The molecule has 2 unspecified atom stereocenters. The van der Waals surface area contributed by atoms with E-state index < -0.39 is 20.3 Å². The van der Waals surface area contributed by atoms with Crippen molar-refractivity contribution >= 4 is 34.9 Å². The van der Waals surface area contributed by atoms with Gasteiger partial charge in [0, 0.05) is 10.1 Å². The van der Waals surface area contributed by atoms with E-state index in [1.54, 1.807) is 13.2 Å². The van der Waals surface area contributed by atoms with Crippen LogP contribution in [-0.4, -0.2) is 17.0 Å². The number of aromatic nitrogens is 1. The second-order valence-electron chi connectivity index (χ2n) is 4.77. The molecular formula is C15H13FN2O4PS+. The molecule has 0 aliphatic carbocycles. The van der Waals surface area contributed by atoms with Crippen LogP contribution in [0.15, 0.2) is 42.5 Å². The Bertz CT molecular complexity index is 872. The number of thiazole rings is 1. The molecule has 0 radical (unpaired) electrons. The number of hydrogen-bond donors (Lipinski definition) is 2. The van der Waals surface area contributed by atoms with Crippen LogP contribution in [0.3, 0.4) is 0 Å². The second kappa shape index (κ2) is 7.19. The fraction of sp³-hybridized carbons (Fsp3) is 0.133. The molecule has 124 valence electrons. The minimum atomic E-state index is -2.85. The number of anilines is 1. The largest absolute Gasteiger partial charge is 0.697 e. The lowest BCUT2D eigenvalue weighted by Crippen LogP contribution is -2.11. The summed E-state index contributed by atoms with van der Waals surface area (Å²) >= 11 is 1.35. The number of benzene rings is 2. The van der Waals surface area contributed by atoms with Crippen molar-refractivity contribution in [3.05, 3.63) is 53.8 Å². The van der Waals surface area contributed by atoms with Gasteiger partial charge in [0.2, 0.25) is 6.23 Å². The second-order valence-corrected chi connectivity index (χ2v) is 6.49. The molecule has 3 aromatic rings. The number of methoxy groups -OCH3 is 1. The molecule has 2 atom stereocenters. The predicted molar refractivity (Wildman–Crippen MR) is 89.8 cm³/mol. The van der Waals surface area contributed by atoms with E-state index in [-0.39, 0.29) is 0 Å². The van der Waals surface area contributed by atoms with Crippen molar-refractivity contribution in [2.75, 3.05) is 12.4 Å². The Kier molecular flexibility index (Phi) is 5.01. The molecule has 0 spiro atoms. The van der Waals surface area contributed by atoms with Crippen molar-refractivity contribution < 1.29 is 23.1 Å². The number of halogens is 1. The van der Waals surface area contributed by atoms with Crippen LogP contribution in [0.25, 0.3) is 10.2 Å². The van der Waals surface area contributed by atoms with Gasteiger partial charge in [0.1, 0.15) is 11.6 Å². The van der Waals surface area contributed by atoms with E-state index in [1.807, 2.05) is 12.1 Å². The van der Waals surface area contributed by atoms with E-state index in [0.29, 0.717) is 16.4 Å². The topological polar surface area (TPSA) is 80.7 Å². The molecular weight excluding hydrogens is 354 g/mol. The zero-order valence-electron chi connectivity index (χ0n) is 12.5. The monoisotopic (exact) mass is 367 g/mol. The van der Waals surface area contributed by atoms with Gasteiger partial charge >= 0.3 is 8.25 Å². The Hall–Kier alpha value is -2.12. The molecule has 2 N–H and O–H groups in total. The third-order valence-corrected chi connectivity index (χ3v) is 4.56. The zero-order chi connectivity index (χ0) is 17.1. The maximum absolute atomic E-state index is 13.1. The average Bonchev–Trinajstić information content (AvgIpc) is 2.95. The first kappa shape index (κ1) is 16.7. The van der Waals surface area contributed by atoms with Crippen molar-refractivity contribution in [1.29, 1.82) is 0 Å². The van der Waals surface area contributed by atoms with Crippen molar-refractivity contribution in [3.63, 3.8) is 0 Å². The molecule has 2 aromatic carbocycles. The van der Waals surface area contributed by atoms with Gasteiger partial charge in [-0.3, -0.25) is 0 Å². The number of ether oxygens (including phenoxy) is 1. The van der Waals surface area contributed by atoms with Crippen molar-refractivity contribution in [2.45, 2.75) is 6.23 Å². The number of fused-ring (bicyclic) bond motifs is 1. The van der Waals surface area contributed by atoms with Crippen LogP contribution in [0, 0.1) is 5.82 Å². The van der Waals surface area contributed by atoms with Crippen LogP contribution in [0.4, 0.5) is 9.52 Å². The van der Waals surface area contributed by atoms with Gasteiger partial charge < -0.3 is 10.1 Å². The van der Waals surface area contributed by atoms with E-state index >= 15 is 0 Å². The van der Waals surface area contributed by atoms with Gasteiger partial charge in [0.25, 0.3) is 0 Å². The highest BCUT2D eigenvalue weighted by atomic mass is 32.1. The standard InChI is InChI=1S/C15H12FN2O4PS/c1-21-11-6-7-12-13(8-11)24-15(17-12)18-14(22-23(19)20)9-2-4-10(16)5-3-9/h2-8,14H,1H3,(H-,17,18,19,20)/p+1. The van der Waals surface area contributed by atoms with Crippen LogP contribution in [0.5, 0.6) is 5.75 Å². The van der Waals surface area contributed by atoms with Crippen molar-refractivity contribution in [3.8, 4) is 5.75 Å². The van der Waals surface area contributed by atoms with Crippen LogP contribution in [-0.2, 0) is 9.09 Å². The number of nitrogens with one attached hydrogen (secondary N) is 1. The highest BCUT2D eigenvalue weighted by Crippen LogP contribution is 2.34. The van der Waals surface area contributed by atoms with Crippen LogP contribution < -0.4 is 10.1 Å². The Morgan fingerprint density at radius 1 is 1.29 bits per heavy atom. The molecule has 0 fully saturated rings. The third kappa shape index (κ3) is 3.85.